The molecule has 2 aromatic carbocycles. The predicted octanol–water partition coefficient (Wildman–Crippen LogP) is 5.56. The van der Waals surface area contributed by atoms with Crippen LogP contribution >= 0.6 is 0 Å². The molecule has 2 unspecified atom stereocenters. The molecular weight excluding hydrogens is 627 g/mol. The van der Waals surface area contributed by atoms with Gasteiger partial charge >= 0.3 is 6.01 Å². The van der Waals surface area contributed by atoms with Crippen molar-refractivity contribution in [1.82, 2.24) is 19.9 Å². The average Bonchev–Trinajstić information content (AvgIpc) is 3.23. The molecule has 0 spiro atoms. The topological polar surface area (TPSA) is 113 Å². The highest BCUT2D eigenvalue weighted by Gasteiger charge is 2.37. The molecule has 2 aliphatic heterocycles. The summed E-state index contributed by atoms with van der Waals surface area (Å²) >= 11 is 0. The molecule has 10 nitrogen and oxygen atoms in total. The van der Waals surface area contributed by atoms with Crippen LogP contribution in [0.3, 0.4) is 0 Å². The van der Waals surface area contributed by atoms with Crippen LogP contribution in [0.15, 0.2) is 36.2 Å². The number of pyridine rings is 1. The molecule has 48 heavy (non-hydrogen) atoms. The van der Waals surface area contributed by atoms with E-state index in [9.17, 15) is 14.6 Å². The van der Waals surface area contributed by atoms with E-state index >= 15 is 8.78 Å². The number of rotatable bonds is 7. The number of β-amino-alcohol motifs (C(OH)–C–C–N with tert-alkyl or cyclic N) is 1. The third-order valence-corrected chi connectivity index (χ3v) is 9.23. The minimum Gasteiger partial charge on any atom is -0.508 e. The van der Waals surface area contributed by atoms with Crippen LogP contribution in [0.4, 0.5) is 19.0 Å². The van der Waals surface area contributed by atoms with E-state index < -0.39 is 22.7 Å². The lowest BCUT2D eigenvalue weighted by Gasteiger charge is -2.40. The minimum absolute atomic E-state index is 0.00585. The van der Waals surface area contributed by atoms with Gasteiger partial charge in [-0.2, -0.15) is 9.97 Å². The van der Waals surface area contributed by atoms with Crippen LogP contribution in [0.5, 0.6) is 17.6 Å². The summed E-state index contributed by atoms with van der Waals surface area (Å²) in [6, 6.07) is 5.48. The molecule has 2 N–H and O–H groups in total. The molecule has 0 radical (unpaired) electrons. The number of aromatic hydroxyl groups is 1. The Morgan fingerprint density at radius 3 is 2.60 bits per heavy atom. The normalized spacial score (nSPS) is 23.2. The molecule has 0 aliphatic carbocycles. The Morgan fingerprint density at radius 2 is 1.88 bits per heavy atom. The third-order valence-electron chi connectivity index (χ3n) is 9.23. The van der Waals surface area contributed by atoms with Gasteiger partial charge in [0.05, 0.1) is 33.2 Å². The number of piperidine rings is 1. The molecule has 2 aromatic heterocycles. The van der Waals surface area contributed by atoms with Gasteiger partial charge in [0.15, 0.2) is 5.82 Å². The van der Waals surface area contributed by atoms with Crippen molar-refractivity contribution in [2.75, 3.05) is 65.1 Å². The molecule has 2 fully saturated rings. The summed E-state index contributed by atoms with van der Waals surface area (Å²) in [6.07, 6.45) is 1.45. The first-order valence-corrected chi connectivity index (χ1v) is 15.9. The van der Waals surface area contributed by atoms with Crippen molar-refractivity contribution in [3.8, 4) is 28.9 Å². The number of fused-ring (bicyclic) bond motifs is 2. The lowest BCUT2D eigenvalue weighted by Crippen LogP contribution is -2.44. The number of aromatic nitrogens is 3. The lowest BCUT2D eigenvalue weighted by molar-refractivity contribution is -0.0123. The number of likely N-dealkylation sites (tertiary alicyclic amines) is 1. The second-order valence-electron chi connectivity index (χ2n) is 13.3. The molecule has 13 heteroatoms. The van der Waals surface area contributed by atoms with Crippen LogP contribution in [0.2, 0.25) is 0 Å². The quantitative estimate of drug-likeness (QED) is 0.260. The Labute approximate surface area is 276 Å². The number of hydrogen-bond acceptors (Lipinski definition) is 10. The number of hydrogen-bond donors (Lipinski definition) is 2. The van der Waals surface area contributed by atoms with Crippen LogP contribution in [0.1, 0.15) is 32.8 Å². The number of nitrogens with zero attached hydrogens (tertiary/aromatic N) is 5. The molecule has 0 amide bonds. The first-order valence-electron chi connectivity index (χ1n) is 15.9. The van der Waals surface area contributed by atoms with Crippen LogP contribution in [0.25, 0.3) is 32.9 Å². The largest absolute Gasteiger partial charge is 0.508 e. The van der Waals surface area contributed by atoms with E-state index in [4.69, 9.17) is 19.2 Å². The van der Waals surface area contributed by atoms with E-state index in [0.717, 1.165) is 0 Å². The monoisotopic (exact) mass is 667 g/mol. The van der Waals surface area contributed by atoms with Gasteiger partial charge in [-0.3, -0.25) is 0 Å². The van der Waals surface area contributed by atoms with Crippen molar-refractivity contribution in [3.63, 3.8) is 0 Å². The zero-order valence-electron chi connectivity index (χ0n) is 27.7. The lowest BCUT2D eigenvalue weighted by atomic mass is 9.78. The fraction of sp³-hybridized carbons (Fsp3) is 0.457. The predicted molar refractivity (Wildman–Crippen MR) is 176 cm³/mol. The molecule has 256 valence electrons. The Hall–Kier alpha value is -4.20. The van der Waals surface area contributed by atoms with E-state index in [0.29, 0.717) is 60.7 Å². The summed E-state index contributed by atoms with van der Waals surface area (Å²) in [5.74, 6) is -1.33. The number of halogens is 3. The fourth-order valence-corrected chi connectivity index (χ4v) is 6.88. The minimum atomic E-state index is -1.27. The molecule has 2 saturated heterocycles. The van der Waals surface area contributed by atoms with Gasteiger partial charge in [0.25, 0.3) is 0 Å². The maximum atomic E-state index is 17.1. The highest BCUT2D eigenvalue weighted by molar-refractivity contribution is 6.03. The van der Waals surface area contributed by atoms with Crippen LogP contribution in [-0.4, -0.2) is 95.8 Å². The highest BCUT2D eigenvalue weighted by Crippen LogP contribution is 2.43. The zero-order valence-corrected chi connectivity index (χ0v) is 27.7. The van der Waals surface area contributed by atoms with Crippen molar-refractivity contribution < 1.29 is 37.6 Å². The molecule has 2 aliphatic rings. The van der Waals surface area contributed by atoms with Crippen LogP contribution in [-0.2, 0) is 11.2 Å². The van der Waals surface area contributed by atoms with E-state index in [2.05, 4.69) is 14.9 Å². The number of aryl methyl sites for hydroxylation is 1. The summed E-state index contributed by atoms with van der Waals surface area (Å²) in [5, 5.41) is 22.7. The second-order valence-corrected chi connectivity index (χ2v) is 13.3. The maximum Gasteiger partial charge on any atom is 0.319 e. The smallest absolute Gasteiger partial charge is 0.319 e. The van der Waals surface area contributed by atoms with Crippen LogP contribution in [0, 0.1) is 17.0 Å². The van der Waals surface area contributed by atoms with E-state index in [1.165, 1.54) is 31.4 Å². The number of benzene rings is 2. The average molecular weight is 668 g/mol. The van der Waals surface area contributed by atoms with Crippen molar-refractivity contribution in [2.24, 2.45) is 5.41 Å². The molecule has 0 bridgehead atoms. The van der Waals surface area contributed by atoms with Gasteiger partial charge < -0.3 is 34.2 Å². The van der Waals surface area contributed by atoms with Gasteiger partial charge in [-0.25, -0.2) is 18.2 Å². The Bertz CT molecular complexity index is 1900. The Balaban J connectivity index is 1.59. The van der Waals surface area contributed by atoms with Gasteiger partial charge in [0.1, 0.15) is 46.2 Å². The molecule has 0 saturated carbocycles. The molecule has 4 heterocycles. The first kappa shape index (κ1) is 33.7. The van der Waals surface area contributed by atoms with Crippen LogP contribution < -0.4 is 14.4 Å². The molecule has 6 rings (SSSR count). The van der Waals surface area contributed by atoms with Crippen molar-refractivity contribution >= 4 is 27.5 Å². The van der Waals surface area contributed by atoms with Gasteiger partial charge in [-0.15, -0.1) is 0 Å². The van der Waals surface area contributed by atoms with Crippen molar-refractivity contribution in [1.29, 1.82) is 0 Å². The van der Waals surface area contributed by atoms with Crippen molar-refractivity contribution in [2.45, 2.75) is 39.2 Å². The van der Waals surface area contributed by atoms with Crippen molar-refractivity contribution in [3.05, 3.63) is 53.4 Å². The molecule has 2 atom stereocenters. The Kier molecular flexibility index (Phi) is 9.14. The number of phenols is 1. The summed E-state index contributed by atoms with van der Waals surface area (Å²) in [4.78, 5) is 17.6. The second kappa shape index (κ2) is 13.0. The summed E-state index contributed by atoms with van der Waals surface area (Å²) in [6.45, 7) is 7.24. The SMILES string of the molecule is CCc1c(F)ccc2cc(O)cc(-c3nc(OC)c4c(N5CCOCC(C)(O)C5)nc(OCC5(C)CN(C)CC/C5=C\F)nc4c3F)c12. The number of aliphatic hydroxyl groups is 1. The number of ether oxygens (including phenoxy) is 3. The summed E-state index contributed by atoms with van der Waals surface area (Å²) in [5.41, 5.74) is -1.30. The molecular formula is C35H40F3N5O5. The fourth-order valence-electron chi connectivity index (χ4n) is 6.88. The van der Waals surface area contributed by atoms with E-state index in [-0.39, 0.29) is 72.0 Å². The first-order chi connectivity index (χ1) is 22.9. The zero-order chi connectivity index (χ0) is 34.4. The third kappa shape index (κ3) is 6.22. The molecule has 4 aromatic rings. The van der Waals surface area contributed by atoms with E-state index in [1.807, 2.05) is 14.0 Å². The number of methoxy groups -OCH3 is 1. The maximum absolute atomic E-state index is 17.1. The summed E-state index contributed by atoms with van der Waals surface area (Å²) < 4.78 is 63.7. The summed E-state index contributed by atoms with van der Waals surface area (Å²) in [7, 11) is 3.32. The highest BCUT2D eigenvalue weighted by atomic mass is 19.1. The van der Waals surface area contributed by atoms with E-state index in [1.54, 1.807) is 18.7 Å². The number of phenolic OH excluding ortho intramolecular Hbond substituents is 1. The standard InChI is InChI=1S/C35H40F3N5O5/c1-6-23-25(37)8-7-20-13-22(44)14-24(26(20)23)29-28(38)30-27(32(39-29)46-5)31(43-11-12-47-19-35(3,45)17-43)41-33(40-30)48-18-34(2)16-42(4)10-9-21(34)15-36/h7-8,13-15,44-45H,6,9-12,16-19H2,1-5H3/b21-15+. The van der Waals surface area contributed by atoms with Gasteiger partial charge in [-0.1, -0.05) is 19.9 Å². The van der Waals surface area contributed by atoms with Gasteiger partial charge in [0, 0.05) is 30.6 Å². The van der Waals surface area contributed by atoms with Gasteiger partial charge in [-0.05, 0) is 66.9 Å². The van der Waals surface area contributed by atoms with Gasteiger partial charge in [0.2, 0.25) is 5.88 Å². The Morgan fingerprint density at radius 1 is 1.08 bits per heavy atom. The number of anilines is 1.